The van der Waals surface area contributed by atoms with Crippen LogP contribution in [0.2, 0.25) is 0 Å². The SMILES string of the molecule is CC1(C)c2cccc(-c3nc(-c4ccccc4)nc(-c4ccc(-c5cccc6oc7ccc(-c8ccc9c%10ccccc%10c%10ccccc%10c9c8)cc7c56)cc4)n3)c2C2C=CC=CC21. The molecule has 0 bridgehead atoms. The third-order valence-electron chi connectivity index (χ3n) is 14.0. The van der Waals surface area contributed by atoms with Crippen molar-refractivity contribution in [3.05, 3.63) is 211 Å². The molecule has 2 heterocycles. The van der Waals surface area contributed by atoms with Gasteiger partial charge in [-0.3, -0.25) is 0 Å². The Bertz CT molecular complexity index is 3730. The number of rotatable bonds is 5. The zero-order chi connectivity index (χ0) is 42.5. The van der Waals surface area contributed by atoms with Crippen LogP contribution in [0, 0.1) is 5.92 Å². The van der Waals surface area contributed by atoms with Gasteiger partial charge in [-0.05, 0) is 101 Å². The minimum Gasteiger partial charge on any atom is -0.456 e. The summed E-state index contributed by atoms with van der Waals surface area (Å²) in [5, 5.41) is 9.82. The summed E-state index contributed by atoms with van der Waals surface area (Å²) in [7, 11) is 0. The zero-order valence-corrected chi connectivity index (χ0v) is 35.5. The number of furan rings is 1. The number of allylic oxidation sites excluding steroid dienone is 4. The topological polar surface area (TPSA) is 51.8 Å². The van der Waals surface area contributed by atoms with Gasteiger partial charge in [0.15, 0.2) is 17.5 Å². The molecule has 0 saturated heterocycles. The molecule has 0 radical (unpaired) electrons. The Hall–Kier alpha value is -7.95. The fourth-order valence-corrected chi connectivity index (χ4v) is 10.9. The van der Waals surface area contributed by atoms with Gasteiger partial charge in [-0.15, -0.1) is 0 Å². The van der Waals surface area contributed by atoms with E-state index in [9.17, 15) is 0 Å². The predicted octanol–water partition coefficient (Wildman–Crippen LogP) is 15.7. The number of hydrogen-bond acceptors (Lipinski definition) is 4. The number of nitrogens with zero attached hydrogens (tertiary/aromatic N) is 3. The van der Waals surface area contributed by atoms with E-state index in [2.05, 4.69) is 196 Å². The Morgan fingerprint density at radius 2 is 0.953 bits per heavy atom. The molecule has 302 valence electrons. The van der Waals surface area contributed by atoms with Gasteiger partial charge < -0.3 is 4.42 Å². The molecule has 9 aromatic carbocycles. The fourth-order valence-electron chi connectivity index (χ4n) is 10.9. The van der Waals surface area contributed by atoms with Gasteiger partial charge in [0.05, 0.1) is 0 Å². The molecule has 13 rings (SSSR count). The minimum atomic E-state index is -0.0164. The first-order valence-electron chi connectivity index (χ1n) is 22.2. The number of hydrogen-bond donors (Lipinski definition) is 0. The van der Waals surface area contributed by atoms with Crippen LogP contribution >= 0.6 is 0 Å². The summed E-state index contributed by atoms with van der Waals surface area (Å²) in [4.78, 5) is 15.6. The summed E-state index contributed by atoms with van der Waals surface area (Å²) in [6.45, 7) is 4.72. The van der Waals surface area contributed by atoms with Gasteiger partial charge >= 0.3 is 0 Å². The van der Waals surface area contributed by atoms with Crippen molar-refractivity contribution in [2.75, 3.05) is 0 Å². The fraction of sp³-hybridized carbons (Fsp3) is 0.0833. The lowest BCUT2D eigenvalue weighted by Crippen LogP contribution is -2.24. The summed E-state index contributed by atoms with van der Waals surface area (Å²) in [6.07, 6.45) is 9.08. The van der Waals surface area contributed by atoms with Crippen LogP contribution in [-0.2, 0) is 5.41 Å². The van der Waals surface area contributed by atoms with Crippen LogP contribution in [0.3, 0.4) is 0 Å². The molecule has 2 aliphatic rings. The van der Waals surface area contributed by atoms with Gasteiger partial charge in [0.1, 0.15) is 11.2 Å². The Morgan fingerprint density at radius 1 is 0.406 bits per heavy atom. The molecule has 64 heavy (non-hydrogen) atoms. The molecule has 2 aliphatic carbocycles. The Balaban J connectivity index is 0.914. The van der Waals surface area contributed by atoms with Crippen LogP contribution in [0.4, 0.5) is 0 Å². The molecule has 0 N–H and O–H groups in total. The van der Waals surface area contributed by atoms with Crippen molar-refractivity contribution in [2.24, 2.45) is 5.92 Å². The summed E-state index contributed by atoms with van der Waals surface area (Å²) < 4.78 is 6.53. The molecule has 0 spiro atoms. The van der Waals surface area contributed by atoms with E-state index in [0.717, 1.165) is 55.3 Å². The second kappa shape index (κ2) is 14.0. The van der Waals surface area contributed by atoms with Crippen LogP contribution in [0.1, 0.15) is 30.9 Å². The highest BCUT2D eigenvalue weighted by Gasteiger charge is 2.45. The maximum atomic E-state index is 6.53. The number of fused-ring (bicyclic) bond motifs is 12. The van der Waals surface area contributed by atoms with E-state index in [4.69, 9.17) is 19.4 Å². The molecular weight excluding hydrogens is 779 g/mol. The normalized spacial score (nSPS) is 16.3. The summed E-state index contributed by atoms with van der Waals surface area (Å²) in [6, 6.07) is 62.9. The lowest BCUT2D eigenvalue weighted by molar-refractivity contribution is 0.394. The Kier molecular flexibility index (Phi) is 8.04. The van der Waals surface area contributed by atoms with E-state index in [-0.39, 0.29) is 11.3 Å². The highest BCUT2D eigenvalue weighted by Crippen LogP contribution is 2.55. The molecule has 0 amide bonds. The smallest absolute Gasteiger partial charge is 0.164 e. The molecule has 0 saturated carbocycles. The van der Waals surface area contributed by atoms with Crippen LogP contribution in [0.25, 0.3) is 111 Å². The van der Waals surface area contributed by atoms with E-state index < -0.39 is 0 Å². The van der Waals surface area contributed by atoms with Crippen LogP contribution < -0.4 is 0 Å². The molecule has 4 heteroatoms. The van der Waals surface area contributed by atoms with E-state index in [1.165, 1.54) is 49.0 Å². The van der Waals surface area contributed by atoms with Gasteiger partial charge in [-0.25, -0.2) is 15.0 Å². The van der Waals surface area contributed by atoms with Gasteiger partial charge in [0, 0.05) is 33.4 Å². The molecular formula is C60H41N3O. The van der Waals surface area contributed by atoms with Gasteiger partial charge in [0.2, 0.25) is 0 Å². The molecule has 2 unspecified atom stereocenters. The summed E-state index contributed by atoms with van der Waals surface area (Å²) >= 11 is 0. The quantitative estimate of drug-likeness (QED) is 0.162. The van der Waals surface area contributed by atoms with Crippen LogP contribution in [-0.4, -0.2) is 15.0 Å². The van der Waals surface area contributed by atoms with Gasteiger partial charge in [0.25, 0.3) is 0 Å². The maximum Gasteiger partial charge on any atom is 0.164 e. The Labute approximate surface area is 370 Å². The van der Waals surface area contributed by atoms with Crippen molar-refractivity contribution in [3.8, 4) is 56.4 Å². The van der Waals surface area contributed by atoms with E-state index in [0.29, 0.717) is 23.4 Å². The van der Waals surface area contributed by atoms with Gasteiger partial charge in [-0.1, -0.05) is 190 Å². The largest absolute Gasteiger partial charge is 0.456 e. The third-order valence-corrected chi connectivity index (χ3v) is 14.0. The zero-order valence-electron chi connectivity index (χ0n) is 35.5. The van der Waals surface area contributed by atoms with Crippen molar-refractivity contribution < 1.29 is 4.42 Å². The van der Waals surface area contributed by atoms with Crippen LogP contribution in [0.15, 0.2) is 205 Å². The maximum absolute atomic E-state index is 6.53. The van der Waals surface area contributed by atoms with Crippen molar-refractivity contribution in [2.45, 2.75) is 25.2 Å². The highest BCUT2D eigenvalue weighted by atomic mass is 16.3. The molecule has 2 aromatic heterocycles. The average Bonchev–Trinajstić information content (AvgIpc) is 3.85. The van der Waals surface area contributed by atoms with Crippen molar-refractivity contribution >= 4 is 54.3 Å². The monoisotopic (exact) mass is 819 g/mol. The lowest BCUT2D eigenvalue weighted by atomic mass is 9.74. The highest BCUT2D eigenvalue weighted by molar-refractivity contribution is 6.26. The Morgan fingerprint density at radius 3 is 1.69 bits per heavy atom. The first-order valence-corrected chi connectivity index (χ1v) is 22.2. The number of aromatic nitrogens is 3. The van der Waals surface area contributed by atoms with E-state index in [1.54, 1.807) is 0 Å². The second-order valence-electron chi connectivity index (χ2n) is 17.9. The molecule has 11 aromatic rings. The molecule has 0 aliphatic heterocycles. The van der Waals surface area contributed by atoms with Crippen molar-refractivity contribution in [1.82, 2.24) is 15.0 Å². The first-order chi connectivity index (χ1) is 31.5. The molecule has 2 atom stereocenters. The predicted molar refractivity (Wildman–Crippen MR) is 264 cm³/mol. The van der Waals surface area contributed by atoms with Crippen LogP contribution in [0.5, 0.6) is 0 Å². The summed E-state index contributed by atoms with van der Waals surface area (Å²) in [5.74, 6) is 2.64. The molecule has 0 fully saturated rings. The third kappa shape index (κ3) is 5.58. The van der Waals surface area contributed by atoms with E-state index in [1.807, 2.05) is 18.2 Å². The van der Waals surface area contributed by atoms with Gasteiger partial charge in [-0.2, -0.15) is 0 Å². The lowest BCUT2D eigenvalue weighted by Gasteiger charge is -2.29. The van der Waals surface area contributed by atoms with Crippen molar-refractivity contribution in [3.63, 3.8) is 0 Å². The summed E-state index contributed by atoms with van der Waals surface area (Å²) in [5.41, 5.74) is 11.9. The van der Waals surface area contributed by atoms with Crippen molar-refractivity contribution in [1.29, 1.82) is 0 Å². The standard InChI is InChI=1S/C60H41N3O/c1-60(2)51-23-11-10-20-47(51)55-48(22-12-24-52(55)60)59-62-57(37-14-4-3-5-15-37)61-58(63-59)38-28-26-36(27-29-38)41-21-13-25-54-56(41)50-35-40(31-33-53(50)64-54)39-30-32-46-44-18-7-6-16-42(44)43-17-8-9-19-45(43)49(46)34-39/h3-35,47,51H,1-2H3. The second-order valence-corrected chi connectivity index (χ2v) is 17.9. The average molecular weight is 820 g/mol. The first kappa shape index (κ1) is 36.7. The molecule has 4 nitrogen and oxygen atoms in total. The minimum absolute atomic E-state index is 0.0164. The number of benzene rings is 9. The van der Waals surface area contributed by atoms with E-state index >= 15 is 0 Å².